The molecule has 0 spiro atoms. The summed E-state index contributed by atoms with van der Waals surface area (Å²) < 4.78 is 61.9. The first-order valence-electron chi connectivity index (χ1n) is 20.2. The number of fused-ring (bicyclic) bond motifs is 5. The zero-order valence-electron chi connectivity index (χ0n) is 35.2. The number of nitrogens with one attached hydrogen (secondary N) is 1. The molecule has 4 unspecified atom stereocenters. The van der Waals surface area contributed by atoms with Crippen LogP contribution in [0.25, 0.3) is 11.0 Å². The number of phenolic OH excluding ortho intramolecular Hbond substituents is 1. The molecule has 4 atom stereocenters. The Kier molecular flexibility index (Phi) is 10.8. The van der Waals surface area contributed by atoms with Crippen LogP contribution in [-0.4, -0.2) is 71.7 Å². The van der Waals surface area contributed by atoms with Crippen molar-refractivity contribution in [2.75, 3.05) is 26.8 Å². The number of ether oxygens (including phenoxy) is 3. The van der Waals surface area contributed by atoms with E-state index in [0.29, 0.717) is 61.5 Å². The third-order valence-corrected chi connectivity index (χ3v) is 13.2. The molecule has 22 heteroatoms. The van der Waals surface area contributed by atoms with Crippen LogP contribution in [0.1, 0.15) is 40.8 Å². The number of imide groups is 1. The topological polar surface area (TPSA) is 194 Å². The number of pyridine rings is 1. The number of methoxy groups -OCH3 is 3. The molecule has 0 radical (unpaired) electrons. The number of aromatic nitrogens is 6. The Labute approximate surface area is 380 Å². The lowest BCUT2D eigenvalue weighted by Crippen LogP contribution is -2.53. The Bertz CT molecular complexity index is 3240. The SMILES string of the molecule is COc1cc(C2C3=CCn4c(=O)n(CCc5nc6cc(OC)c(OC)cc6n(C)c5=O)c(=O)n4C3CC3C(=O)N(Nc4ncc(C(F)(F)F)cc4Cl)C(=O)C32c2ccc(Cl)cc2)ccc1O. The minimum atomic E-state index is -4.80. The third kappa shape index (κ3) is 6.71. The summed E-state index contributed by atoms with van der Waals surface area (Å²) in [6, 6.07) is 13.4. The van der Waals surface area contributed by atoms with E-state index >= 15 is 4.79 Å². The molecule has 9 rings (SSSR count). The fraction of sp³-hybridized carbons (Fsp3) is 0.295. The van der Waals surface area contributed by atoms with Crippen molar-refractivity contribution in [1.82, 2.24) is 33.5 Å². The van der Waals surface area contributed by atoms with Gasteiger partial charge < -0.3 is 23.9 Å². The molecule has 5 heterocycles. The number of amides is 2. The van der Waals surface area contributed by atoms with Gasteiger partial charge in [0.05, 0.1) is 66.9 Å². The zero-order valence-corrected chi connectivity index (χ0v) is 36.7. The van der Waals surface area contributed by atoms with Crippen LogP contribution in [0.4, 0.5) is 19.0 Å². The number of hydrazine groups is 1. The number of carbonyl (C=O) groups is 2. The molecule has 3 aromatic carbocycles. The molecular formula is C44H37Cl2F3N8O9. The van der Waals surface area contributed by atoms with Gasteiger partial charge in [-0.2, -0.15) is 18.2 Å². The highest BCUT2D eigenvalue weighted by atomic mass is 35.5. The fourth-order valence-electron chi connectivity index (χ4n) is 9.62. The van der Waals surface area contributed by atoms with Gasteiger partial charge in [0.2, 0.25) is 0 Å². The monoisotopic (exact) mass is 948 g/mol. The summed E-state index contributed by atoms with van der Waals surface area (Å²) in [7, 11) is 5.80. The molecule has 0 bridgehead atoms. The van der Waals surface area contributed by atoms with Crippen LogP contribution in [-0.2, 0) is 47.7 Å². The van der Waals surface area contributed by atoms with Gasteiger partial charge in [-0.05, 0) is 53.5 Å². The molecule has 6 aromatic rings. The zero-order chi connectivity index (χ0) is 47.1. The van der Waals surface area contributed by atoms with Crippen molar-refractivity contribution in [3.8, 4) is 23.0 Å². The van der Waals surface area contributed by atoms with Crippen LogP contribution in [0, 0.1) is 5.92 Å². The Hall–Kier alpha value is -7.06. The smallest absolute Gasteiger partial charge is 0.417 e. The summed E-state index contributed by atoms with van der Waals surface area (Å²) >= 11 is 12.6. The van der Waals surface area contributed by atoms with Gasteiger partial charge in [-0.1, -0.05) is 47.5 Å². The number of benzene rings is 3. The van der Waals surface area contributed by atoms with E-state index in [2.05, 4.69) is 15.4 Å². The molecule has 2 aliphatic heterocycles. The van der Waals surface area contributed by atoms with Gasteiger partial charge in [0.15, 0.2) is 28.8 Å². The highest BCUT2D eigenvalue weighted by Crippen LogP contribution is 2.62. The van der Waals surface area contributed by atoms with Crippen LogP contribution >= 0.6 is 23.2 Å². The lowest BCUT2D eigenvalue weighted by molar-refractivity contribution is -0.139. The van der Waals surface area contributed by atoms with Crippen molar-refractivity contribution >= 4 is 51.9 Å². The number of nitrogens with zero attached hydrogens (tertiary/aromatic N) is 7. The molecule has 342 valence electrons. The first-order chi connectivity index (χ1) is 31.4. The molecule has 2 amide bonds. The summed E-state index contributed by atoms with van der Waals surface area (Å²) in [4.78, 5) is 81.3. The Balaban J connectivity index is 1.18. The Morgan fingerprint density at radius 1 is 0.909 bits per heavy atom. The summed E-state index contributed by atoms with van der Waals surface area (Å²) in [6.07, 6.45) is -2.95. The molecule has 3 aliphatic rings. The van der Waals surface area contributed by atoms with Crippen molar-refractivity contribution in [3.05, 3.63) is 142 Å². The highest BCUT2D eigenvalue weighted by Gasteiger charge is 2.69. The van der Waals surface area contributed by atoms with E-state index in [1.807, 2.05) is 0 Å². The van der Waals surface area contributed by atoms with Crippen molar-refractivity contribution in [1.29, 1.82) is 0 Å². The number of hydrogen-bond acceptors (Lipinski definition) is 12. The van der Waals surface area contributed by atoms with Crippen molar-refractivity contribution in [2.24, 2.45) is 13.0 Å². The summed E-state index contributed by atoms with van der Waals surface area (Å²) in [5.41, 5.74) is -0.338. The van der Waals surface area contributed by atoms with E-state index in [4.69, 9.17) is 37.4 Å². The van der Waals surface area contributed by atoms with Crippen LogP contribution in [0.3, 0.4) is 0 Å². The van der Waals surface area contributed by atoms with Gasteiger partial charge >= 0.3 is 17.6 Å². The maximum atomic E-state index is 15.4. The van der Waals surface area contributed by atoms with Crippen molar-refractivity contribution in [2.45, 2.75) is 49.5 Å². The lowest BCUT2D eigenvalue weighted by Gasteiger charge is -2.49. The Morgan fingerprint density at radius 2 is 1.61 bits per heavy atom. The van der Waals surface area contributed by atoms with Gasteiger partial charge in [0, 0.05) is 49.3 Å². The summed E-state index contributed by atoms with van der Waals surface area (Å²) in [5.74, 6) is -4.04. The Morgan fingerprint density at radius 3 is 2.27 bits per heavy atom. The summed E-state index contributed by atoms with van der Waals surface area (Å²) in [6.45, 7) is -0.423. The third-order valence-electron chi connectivity index (χ3n) is 12.7. The molecule has 1 saturated carbocycles. The molecular weight excluding hydrogens is 912 g/mol. The van der Waals surface area contributed by atoms with Gasteiger partial charge in [-0.15, -0.1) is 0 Å². The number of alkyl halides is 3. The van der Waals surface area contributed by atoms with Gasteiger partial charge in [0.25, 0.3) is 17.4 Å². The molecule has 1 aliphatic carbocycles. The molecule has 2 fully saturated rings. The minimum Gasteiger partial charge on any atom is -0.504 e. The normalized spacial score (nSPS) is 20.2. The number of carbonyl (C=O) groups excluding carboxylic acids is 2. The summed E-state index contributed by atoms with van der Waals surface area (Å²) in [5, 5.41) is 11.1. The number of halogens is 5. The molecule has 2 N–H and O–H groups in total. The number of allylic oxidation sites excluding steroid dienone is 2. The number of hydrogen-bond donors (Lipinski definition) is 2. The van der Waals surface area contributed by atoms with Crippen molar-refractivity contribution < 1.29 is 42.1 Å². The quantitative estimate of drug-likeness (QED) is 0.132. The molecule has 1 saturated heterocycles. The van der Waals surface area contributed by atoms with Gasteiger partial charge in [-0.3, -0.25) is 19.8 Å². The number of rotatable bonds is 10. The largest absolute Gasteiger partial charge is 0.504 e. The molecule has 17 nitrogen and oxygen atoms in total. The van der Waals surface area contributed by atoms with E-state index in [1.165, 1.54) is 59.5 Å². The average Bonchev–Trinajstić information content (AvgIpc) is 3.67. The fourth-order valence-corrected chi connectivity index (χ4v) is 9.96. The number of anilines is 1. The number of aryl methyl sites for hydroxylation is 2. The second-order valence-electron chi connectivity index (χ2n) is 15.9. The first-order valence-corrected chi connectivity index (χ1v) is 20.9. The first kappa shape index (κ1) is 44.2. The maximum Gasteiger partial charge on any atom is 0.417 e. The molecule has 3 aromatic heterocycles. The maximum absolute atomic E-state index is 15.4. The highest BCUT2D eigenvalue weighted by molar-refractivity contribution is 6.33. The minimum absolute atomic E-state index is 0.0209. The predicted molar refractivity (Wildman–Crippen MR) is 232 cm³/mol. The van der Waals surface area contributed by atoms with Gasteiger partial charge in [0.1, 0.15) is 5.69 Å². The van der Waals surface area contributed by atoms with Gasteiger partial charge in [-0.25, -0.2) is 33.5 Å². The van der Waals surface area contributed by atoms with E-state index in [0.717, 1.165) is 4.57 Å². The van der Waals surface area contributed by atoms with E-state index in [-0.39, 0.29) is 43.1 Å². The van der Waals surface area contributed by atoms with E-state index < -0.39 is 74.6 Å². The average molecular weight is 950 g/mol. The second kappa shape index (κ2) is 16.1. The standard InChI is InChI=1S/C44H37Cl2F3N8O9/c1-53-31-19-35(66-4)34(65-3)18-29(31)51-28(39(53)60)12-13-54-41(62)55-14-11-25-30(57(55)42(54)63)17-26-38(59)56(52-37-27(46)16-23(20-50-37)44(47,48)49)40(61)43(26,22-6-8-24(45)9-7-22)36(25)21-5-10-32(58)33(15-21)64-2/h5-11,15-16,18-20,26,30,36,58H,12-14,17H2,1-4H3,(H,50,52). The van der Waals surface area contributed by atoms with Crippen molar-refractivity contribution in [3.63, 3.8) is 0 Å². The number of aromatic hydroxyl groups is 1. The van der Waals surface area contributed by atoms with Crippen LogP contribution in [0.2, 0.25) is 10.0 Å². The van der Waals surface area contributed by atoms with Crippen LogP contribution < -0.4 is 36.6 Å². The lowest BCUT2D eigenvalue weighted by atomic mass is 9.53. The molecule has 66 heavy (non-hydrogen) atoms. The predicted octanol–water partition coefficient (Wildman–Crippen LogP) is 5.37. The number of phenols is 1. The van der Waals surface area contributed by atoms with E-state index in [1.54, 1.807) is 43.5 Å². The van der Waals surface area contributed by atoms with E-state index in [9.17, 15) is 37.5 Å². The van der Waals surface area contributed by atoms with Crippen LogP contribution in [0.15, 0.2) is 92.9 Å². The van der Waals surface area contributed by atoms with Crippen LogP contribution in [0.5, 0.6) is 23.0 Å². The second-order valence-corrected chi connectivity index (χ2v) is 16.7.